The molecule has 110 valence electrons. The van der Waals surface area contributed by atoms with Crippen LogP contribution in [0.15, 0.2) is 22.7 Å². The first-order valence-corrected chi connectivity index (χ1v) is 7.13. The van der Waals surface area contributed by atoms with E-state index in [-0.39, 0.29) is 18.4 Å². The third kappa shape index (κ3) is 4.85. The van der Waals surface area contributed by atoms with Crippen LogP contribution in [0.4, 0.5) is 0 Å². The summed E-state index contributed by atoms with van der Waals surface area (Å²) in [5.74, 6) is -0.803. The van der Waals surface area contributed by atoms with Gasteiger partial charge < -0.3 is 15.2 Å². The van der Waals surface area contributed by atoms with Gasteiger partial charge in [0, 0.05) is 10.5 Å². The maximum absolute atomic E-state index is 12.2. The Morgan fingerprint density at radius 1 is 1.45 bits per heavy atom. The van der Waals surface area contributed by atoms with Crippen molar-refractivity contribution in [2.24, 2.45) is 0 Å². The number of ether oxygens (including phenoxy) is 1. The number of aliphatic carboxylic acids is 1. The molecule has 6 heteroatoms. The number of rotatable bonds is 7. The van der Waals surface area contributed by atoms with Crippen LogP contribution < -0.4 is 10.1 Å². The minimum Gasteiger partial charge on any atom is -0.496 e. The van der Waals surface area contributed by atoms with Gasteiger partial charge in [0.05, 0.1) is 19.1 Å². The van der Waals surface area contributed by atoms with Gasteiger partial charge >= 0.3 is 5.97 Å². The highest BCUT2D eigenvalue weighted by Crippen LogP contribution is 2.23. The van der Waals surface area contributed by atoms with Crippen LogP contribution in [-0.4, -0.2) is 30.1 Å². The molecule has 0 spiro atoms. The molecule has 0 heterocycles. The van der Waals surface area contributed by atoms with Crippen molar-refractivity contribution in [3.05, 3.63) is 28.2 Å². The molecule has 1 amide bonds. The zero-order valence-electron chi connectivity index (χ0n) is 11.5. The minimum atomic E-state index is -0.925. The number of halogens is 1. The molecule has 0 aliphatic heterocycles. The molecule has 0 fully saturated rings. The molecular weight excluding hydrogens is 326 g/mol. The van der Waals surface area contributed by atoms with Crippen molar-refractivity contribution in [3.8, 4) is 5.75 Å². The molecule has 20 heavy (non-hydrogen) atoms. The van der Waals surface area contributed by atoms with Crippen LogP contribution in [0.5, 0.6) is 5.75 Å². The van der Waals surface area contributed by atoms with Crippen molar-refractivity contribution >= 4 is 27.8 Å². The number of carbonyl (C=O) groups is 2. The summed E-state index contributed by atoms with van der Waals surface area (Å²) in [4.78, 5) is 23.0. The van der Waals surface area contributed by atoms with Gasteiger partial charge in [-0.05, 0) is 24.6 Å². The van der Waals surface area contributed by atoms with Gasteiger partial charge in [-0.25, -0.2) is 0 Å². The second-order valence-corrected chi connectivity index (χ2v) is 5.32. The lowest BCUT2D eigenvalue weighted by Crippen LogP contribution is -2.36. The number of carboxylic acids is 1. The maximum Gasteiger partial charge on any atom is 0.305 e. The fourth-order valence-electron chi connectivity index (χ4n) is 1.90. The highest BCUT2D eigenvalue weighted by atomic mass is 79.9. The van der Waals surface area contributed by atoms with Gasteiger partial charge in [0.25, 0.3) is 5.91 Å². The van der Waals surface area contributed by atoms with Crippen molar-refractivity contribution in [3.63, 3.8) is 0 Å². The monoisotopic (exact) mass is 343 g/mol. The van der Waals surface area contributed by atoms with Crippen LogP contribution in [0.2, 0.25) is 0 Å². The van der Waals surface area contributed by atoms with E-state index in [1.54, 1.807) is 18.2 Å². The average molecular weight is 344 g/mol. The summed E-state index contributed by atoms with van der Waals surface area (Å²) in [6.07, 6.45) is 1.34. The molecule has 0 aliphatic rings. The molecule has 1 rings (SSSR count). The predicted octanol–water partition coefficient (Wildman–Crippen LogP) is 2.83. The molecule has 0 saturated carbocycles. The Hall–Kier alpha value is -1.56. The molecule has 1 atom stereocenters. The third-order valence-corrected chi connectivity index (χ3v) is 3.29. The van der Waals surface area contributed by atoms with E-state index in [1.165, 1.54) is 7.11 Å². The molecule has 0 aliphatic carbocycles. The van der Waals surface area contributed by atoms with E-state index >= 15 is 0 Å². The number of hydrogen-bond donors (Lipinski definition) is 2. The van der Waals surface area contributed by atoms with Crippen LogP contribution in [0.1, 0.15) is 36.5 Å². The van der Waals surface area contributed by atoms with E-state index in [4.69, 9.17) is 9.84 Å². The van der Waals surface area contributed by atoms with Gasteiger partial charge in [0.15, 0.2) is 0 Å². The Morgan fingerprint density at radius 2 is 2.15 bits per heavy atom. The van der Waals surface area contributed by atoms with Gasteiger partial charge in [-0.2, -0.15) is 0 Å². The largest absolute Gasteiger partial charge is 0.496 e. The Kier molecular flexibility index (Phi) is 6.51. The van der Waals surface area contributed by atoms with Crippen LogP contribution in [0.3, 0.4) is 0 Å². The number of benzene rings is 1. The van der Waals surface area contributed by atoms with Crippen LogP contribution in [0.25, 0.3) is 0 Å². The molecule has 0 bridgehead atoms. The van der Waals surface area contributed by atoms with Gasteiger partial charge in [0.2, 0.25) is 0 Å². The highest BCUT2D eigenvalue weighted by Gasteiger charge is 2.18. The van der Waals surface area contributed by atoms with Crippen molar-refractivity contribution in [2.75, 3.05) is 7.11 Å². The summed E-state index contributed by atoms with van der Waals surface area (Å²) in [7, 11) is 1.49. The van der Waals surface area contributed by atoms with Crippen molar-refractivity contribution in [1.29, 1.82) is 0 Å². The molecular formula is C14H18BrNO4. The Labute approximate surface area is 126 Å². The first-order chi connectivity index (χ1) is 9.47. The molecule has 2 N–H and O–H groups in total. The Balaban J connectivity index is 2.85. The first-order valence-electron chi connectivity index (χ1n) is 6.34. The number of hydrogen-bond acceptors (Lipinski definition) is 3. The van der Waals surface area contributed by atoms with E-state index in [0.29, 0.717) is 17.7 Å². The van der Waals surface area contributed by atoms with Gasteiger partial charge in [0.1, 0.15) is 5.75 Å². The topological polar surface area (TPSA) is 75.6 Å². The summed E-state index contributed by atoms with van der Waals surface area (Å²) in [6, 6.07) is 4.70. The summed E-state index contributed by atoms with van der Waals surface area (Å²) in [5, 5.41) is 11.6. The quantitative estimate of drug-likeness (QED) is 0.798. The van der Waals surface area contributed by atoms with E-state index in [9.17, 15) is 9.59 Å². The van der Waals surface area contributed by atoms with Gasteiger partial charge in [-0.3, -0.25) is 9.59 Å². The van der Waals surface area contributed by atoms with Crippen molar-refractivity contribution < 1.29 is 19.4 Å². The second kappa shape index (κ2) is 7.89. The minimum absolute atomic E-state index is 0.0849. The summed E-state index contributed by atoms with van der Waals surface area (Å²) in [5.41, 5.74) is 0.391. The van der Waals surface area contributed by atoms with E-state index in [1.807, 2.05) is 6.92 Å². The number of carbonyl (C=O) groups excluding carboxylic acids is 1. The SMILES string of the molecule is CCCC(CC(=O)O)NC(=O)c1ccc(Br)cc1OC. The maximum atomic E-state index is 12.2. The predicted molar refractivity (Wildman–Crippen MR) is 79.1 cm³/mol. The molecule has 0 saturated heterocycles. The van der Waals surface area contributed by atoms with Crippen LogP contribution >= 0.6 is 15.9 Å². The lowest BCUT2D eigenvalue weighted by Gasteiger charge is -2.17. The Bertz CT molecular complexity index is 490. The normalized spacial score (nSPS) is 11.8. The Morgan fingerprint density at radius 3 is 2.70 bits per heavy atom. The number of carboxylic acid groups (broad SMARTS) is 1. The van der Waals surface area contributed by atoms with E-state index in [2.05, 4.69) is 21.2 Å². The molecule has 5 nitrogen and oxygen atoms in total. The second-order valence-electron chi connectivity index (χ2n) is 4.40. The zero-order valence-corrected chi connectivity index (χ0v) is 13.1. The van der Waals surface area contributed by atoms with Crippen molar-refractivity contribution in [2.45, 2.75) is 32.2 Å². The van der Waals surface area contributed by atoms with E-state index < -0.39 is 5.97 Å². The van der Waals surface area contributed by atoms with Crippen molar-refractivity contribution in [1.82, 2.24) is 5.32 Å². The first kappa shape index (κ1) is 16.5. The fourth-order valence-corrected chi connectivity index (χ4v) is 2.24. The lowest BCUT2D eigenvalue weighted by atomic mass is 10.1. The summed E-state index contributed by atoms with van der Waals surface area (Å²) >= 11 is 3.31. The molecule has 0 aromatic heterocycles. The van der Waals surface area contributed by atoms with Crippen LogP contribution in [0, 0.1) is 0 Å². The number of amides is 1. The average Bonchev–Trinajstić information content (AvgIpc) is 2.37. The molecule has 0 radical (unpaired) electrons. The standard InChI is InChI=1S/C14H18BrNO4/c1-3-4-10(8-13(17)18)16-14(19)11-6-5-9(15)7-12(11)20-2/h5-7,10H,3-4,8H2,1-2H3,(H,16,19)(H,17,18). The van der Waals surface area contributed by atoms with E-state index in [0.717, 1.165) is 10.9 Å². The molecule has 1 aromatic rings. The zero-order chi connectivity index (χ0) is 15.1. The third-order valence-electron chi connectivity index (χ3n) is 2.80. The summed E-state index contributed by atoms with van der Waals surface area (Å²) < 4.78 is 5.97. The lowest BCUT2D eigenvalue weighted by molar-refractivity contribution is -0.137. The molecule has 1 aromatic carbocycles. The van der Waals surface area contributed by atoms with Gasteiger partial charge in [-0.15, -0.1) is 0 Å². The highest BCUT2D eigenvalue weighted by molar-refractivity contribution is 9.10. The fraction of sp³-hybridized carbons (Fsp3) is 0.429. The number of nitrogens with one attached hydrogen (secondary N) is 1. The summed E-state index contributed by atoms with van der Waals surface area (Å²) in [6.45, 7) is 1.95. The number of methoxy groups -OCH3 is 1. The smallest absolute Gasteiger partial charge is 0.305 e. The van der Waals surface area contributed by atoms with Crippen LogP contribution in [-0.2, 0) is 4.79 Å². The van der Waals surface area contributed by atoms with Gasteiger partial charge in [-0.1, -0.05) is 29.3 Å². The molecule has 1 unspecified atom stereocenters.